The van der Waals surface area contributed by atoms with Crippen molar-refractivity contribution in [2.75, 3.05) is 42.5 Å². The lowest BCUT2D eigenvalue weighted by molar-refractivity contribution is -0.122. The standard InChI is InChI=1S/C28H30FN5O2S2/c1-3-4-7-12-33-27(36)23(38-28(33)37)17-20-25(30-24-11-10-19(2)18-34(24)26(20)35)32-15-13-31(14-16-32)22-9-6-5-8-21(22)29/h5-6,8-11,17-18H,3-4,7,12-16H2,1-2H3/b23-17+. The molecular weight excluding hydrogens is 521 g/mol. The van der Waals surface area contributed by atoms with Crippen LogP contribution in [0.25, 0.3) is 11.7 Å². The van der Waals surface area contributed by atoms with Crippen molar-refractivity contribution in [3.8, 4) is 0 Å². The van der Waals surface area contributed by atoms with E-state index in [-0.39, 0.29) is 17.3 Å². The van der Waals surface area contributed by atoms with Crippen molar-refractivity contribution in [2.24, 2.45) is 0 Å². The van der Waals surface area contributed by atoms with Crippen molar-refractivity contribution in [2.45, 2.75) is 33.1 Å². The number of carbonyl (C=O) groups is 1. The molecule has 0 spiro atoms. The predicted octanol–water partition coefficient (Wildman–Crippen LogP) is 4.86. The molecule has 0 N–H and O–H groups in total. The van der Waals surface area contributed by atoms with Crippen molar-refractivity contribution in [3.05, 3.63) is 74.8 Å². The Bertz CT molecular complexity index is 1480. The molecule has 0 bridgehead atoms. The van der Waals surface area contributed by atoms with Gasteiger partial charge in [0.25, 0.3) is 11.5 Å². The van der Waals surface area contributed by atoms with E-state index in [1.807, 2.05) is 34.9 Å². The number of aromatic nitrogens is 2. The van der Waals surface area contributed by atoms with Crippen LogP contribution in [0.2, 0.25) is 0 Å². The fourth-order valence-corrected chi connectivity index (χ4v) is 6.12. The molecule has 2 fully saturated rings. The summed E-state index contributed by atoms with van der Waals surface area (Å²) in [6.45, 7) is 6.88. The Labute approximate surface area is 230 Å². The molecule has 10 heteroatoms. The van der Waals surface area contributed by atoms with E-state index in [4.69, 9.17) is 17.2 Å². The Kier molecular flexibility index (Phi) is 7.80. The monoisotopic (exact) mass is 551 g/mol. The minimum absolute atomic E-state index is 0.167. The molecule has 38 heavy (non-hydrogen) atoms. The number of hydrogen-bond acceptors (Lipinski definition) is 7. The molecule has 0 radical (unpaired) electrons. The highest BCUT2D eigenvalue weighted by Gasteiger charge is 2.33. The van der Waals surface area contributed by atoms with Crippen molar-refractivity contribution >= 4 is 57.4 Å². The number of thioether (sulfide) groups is 1. The molecule has 1 amide bonds. The number of fused-ring (bicyclic) bond motifs is 1. The summed E-state index contributed by atoms with van der Waals surface area (Å²) in [4.78, 5) is 38.0. The maximum absolute atomic E-state index is 14.4. The number of para-hydroxylation sites is 1. The smallest absolute Gasteiger partial charge is 0.267 e. The zero-order chi connectivity index (χ0) is 26.8. The molecular formula is C28H30FN5O2S2. The number of nitrogens with zero attached hydrogens (tertiary/aromatic N) is 5. The first-order chi connectivity index (χ1) is 18.4. The molecule has 0 aliphatic carbocycles. The molecule has 198 valence electrons. The van der Waals surface area contributed by atoms with Crippen LogP contribution in [0.15, 0.2) is 52.3 Å². The molecule has 2 aliphatic rings. The van der Waals surface area contributed by atoms with E-state index in [0.29, 0.717) is 64.7 Å². The van der Waals surface area contributed by atoms with Gasteiger partial charge in [-0.1, -0.05) is 61.9 Å². The Balaban J connectivity index is 1.50. The van der Waals surface area contributed by atoms with Gasteiger partial charge in [0.2, 0.25) is 0 Å². The van der Waals surface area contributed by atoms with Crippen LogP contribution in [0.4, 0.5) is 15.9 Å². The van der Waals surface area contributed by atoms with Gasteiger partial charge in [-0.2, -0.15) is 0 Å². The third kappa shape index (κ3) is 5.19. The Hall–Kier alpha value is -3.24. The van der Waals surface area contributed by atoms with Crippen molar-refractivity contribution in [3.63, 3.8) is 0 Å². The van der Waals surface area contributed by atoms with Crippen LogP contribution < -0.4 is 15.4 Å². The Morgan fingerprint density at radius 3 is 2.53 bits per heavy atom. The van der Waals surface area contributed by atoms with E-state index < -0.39 is 0 Å². The first kappa shape index (κ1) is 26.4. The molecule has 2 saturated heterocycles. The number of piperazine rings is 1. The van der Waals surface area contributed by atoms with Crippen LogP contribution in [-0.2, 0) is 4.79 Å². The minimum Gasteiger partial charge on any atom is -0.366 e. The van der Waals surface area contributed by atoms with Crippen molar-refractivity contribution in [1.29, 1.82) is 0 Å². The molecule has 3 aromatic rings. The summed E-state index contributed by atoms with van der Waals surface area (Å²) in [5.74, 6) is 0.114. The van der Waals surface area contributed by atoms with Gasteiger partial charge in [-0.25, -0.2) is 9.37 Å². The van der Waals surface area contributed by atoms with Crippen LogP contribution >= 0.6 is 24.0 Å². The van der Waals surface area contributed by atoms with Gasteiger partial charge >= 0.3 is 0 Å². The molecule has 0 atom stereocenters. The normalized spacial score (nSPS) is 17.3. The van der Waals surface area contributed by atoms with Gasteiger partial charge in [-0.3, -0.25) is 18.9 Å². The number of hydrogen-bond donors (Lipinski definition) is 0. The lowest BCUT2D eigenvalue weighted by Gasteiger charge is -2.37. The molecule has 2 aromatic heterocycles. The van der Waals surface area contributed by atoms with Crippen molar-refractivity contribution in [1.82, 2.24) is 14.3 Å². The number of unbranched alkanes of at least 4 members (excludes halogenated alkanes) is 2. The summed E-state index contributed by atoms with van der Waals surface area (Å²) in [6, 6.07) is 10.5. The van der Waals surface area contributed by atoms with E-state index in [0.717, 1.165) is 24.8 Å². The van der Waals surface area contributed by atoms with Gasteiger partial charge in [0.15, 0.2) is 0 Å². The van der Waals surface area contributed by atoms with Gasteiger partial charge in [0, 0.05) is 38.9 Å². The van der Waals surface area contributed by atoms with Crippen LogP contribution in [0, 0.1) is 12.7 Å². The van der Waals surface area contributed by atoms with Gasteiger partial charge in [0.05, 0.1) is 16.2 Å². The maximum atomic E-state index is 14.4. The van der Waals surface area contributed by atoms with E-state index in [1.165, 1.54) is 22.2 Å². The number of halogens is 1. The topological polar surface area (TPSA) is 61.2 Å². The average Bonchev–Trinajstić information content (AvgIpc) is 3.18. The number of amides is 1. The summed E-state index contributed by atoms with van der Waals surface area (Å²) in [5.41, 5.74) is 2.17. The summed E-state index contributed by atoms with van der Waals surface area (Å²) >= 11 is 6.73. The first-order valence-corrected chi connectivity index (χ1v) is 14.1. The van der Waals surface area contributed by atoms with Gasteiger partial charge in [-0.05, 0) is 43.2 Å². The van der Waals surface area contributed by atoms with E-state index in [2.05, 4.69) is 6.92 Å². The van der Waals surface area contributed by atoms with Gasteiger partial charge < -0.3 is 9.80 Å². The number of pyridine rings is 1. The zero-order valence-electron chi connectivity index (χ0n) is 21.5. The van der Waals surface area contributed by atoms with Crippen LogP contribution in [-0.4, -0.2) is 57.2 Å². The third-order valence-electron chi connectivity index (χ3n) is 6.89. The highest BCUT2D eigenvalue weighted by atomic mass is 32.2. The second-order valence-electron chi connectivity index (χ2n) is 9.55. The zero-order valence-corrected chi connectivity index (χ0v) is 23.2. The van der Waals surface area contributed by atoms with Gasteiger partial charge in [0.1, 0.15) is 21.6 Å². The lowest BCUT2D eigenvalue weighted by Crippen LogP contribution is -2.47. The highest BCUT2D eigenvalue weighted by molar-refractivity contribution is 8.26. The summed E-state index contributed by atoms with van der Waals surface area (Å²) in [5, 5.41) is 0. The molecule has 5 rings (SSSR count). The number of anilines is 2. The summed E-state index contributed by atoms with van der Waals surface area (Å²) in [6.07, 6.45) is 6.37. The Morgan fingerprint density at radius 2 is 1.79 bits per heavy atom. The van der Waals surface area contributed by atoms with Gasteiger partial charge in [-0.15, -0.1) is 0 Å². The quantitative estimate of drug-likeness (QED) is 0.236. The first-order valence-electron chi connectivity index (χ1n) is 12.9. The number of rotatable bonds is 7. The second kappa shape index (κ2) is 11.2. The largest absolute Gasteiger partial charge is 0.366 e. The minimum atomic E-state index is -0.250. The third-order valence-corrected chi connectivity index (χ3v) is 8.27. The molecule has 0 saturated carbocycles. The number of thiocarbonyl (C=S) groups is 1. The van der Waals surface area contributed by atoms with E-state index in [1.54, 1.807) is 29.3 Å². The van der Waals surface area contributed by atoms with Crippen LogP contribution in [0.1, 0.15) is 37.3 Å². The van der Waals surface area contributed by atoms with Crippen LogP contribution in [0.3, 0.4) is 0 Å². The number of aryl methyl sites for hydroxylation is 1. The van der Waals surface area contributed by atoms with E-state index in [9.17, 15) is 14.0 Å². The SMILES string of the molecule is CCCCCN1C(=O)/C(=C\c2c(N3CCN(c4ccccc4F)CC3)nc3ccc(C)cn3c2=O)SC1=S. The average molecular weight is 552 g/mol. The highest BCUT2D eigenvalue weighted by Crippen LogP contribution is 2.34. The van der Waals surface area contributed by atoms with Crippen molar-refractivity contribution < 1.29 is 9.18 Å². The maximum Gasteiger partial charge on any atom is 0.267 e. The fourth-order valence-electron chi connectivity index (χ4n) is 4.83. The second-order valence-corrected chi connectivity index (χ2v) is 11.2. The molecule has 4 heterocycles. The number of benzene rings is 1. The van der Waals surface area contributed by atoms with E-state index >= 15 is 0 Å². The summed E-state index contributed by atoms with van der Waals surface area (Å²) in [7, 11) is 0. The molecule has 1 aromatic carbocycles. The molecule has 2 aliphatic heterocycles. The predicted molar refractivity (Wildman–Crippen MR) is 156 cm³/mol. The molecule has 7 nitrogen and oxygen atoms in total. The molecule has 0 unspecified atom stereocenters. The fraction of sp³-hybridized carbons (Fsp3) is 0.357. The lowest BCUT2D eigenvalue weighted by atomic mass is 10.2. The number of carbonyl (C=O) groups excluding carboxylic acids is 1. The van der Waals surface area contributed by atoms with Crippen LogP contribution in [0.5, 0.6) is 0 Å². The summed E-state index contributed by atoms with van der Waals surface area (Å²) < 4.78 is 16.4. The Morgan fingerprint density at radius 1 is 1.05 bits per heavy atom.